The van der Waals surface area contributed by atoms with E-state index in [2.05, 4.69) is 21.2 Å². The van der Waals surface area contributed by atoms with E-state index < -0.39 is 5.41 Å². The van der Waals surface area contributed by atoms with Gasteiger partial charge in [-0.1, -0.05) is 11.6 Å². The molecule has 0 aromatic heterocycles. The van der Waals surface area contributed by atoms with Crippen LogP contribution in [0.2, 0.25) is 5.02 Å². The number of benzene rings is 1. The average Bonchev–Trinajstić information content (AvgIpc) is 2.33. The topological polar surface area (TPSA) is 64.3 Å². The summed E-state index contributed by atoms with van der Waals surface area (Å²) in [5, 5.41) is 3.32. The van der Waals surface area contributed by atoms with E-state index in [0.29, 0.717) is 27.5 Å². The number of ether oxygens (including phenoxy) is 1. The molecule has 0 fully saturated rings. The van der Waals surface area contributed by atoms with E-state index >= 15 is 0 Å². The molecule has 0 spiro atoms. The third-order valence-corrected chi connectivity index (χ3v) is 3.48. The highest BCUT2D eigenvalue weighted by atomic mass is 79.9. The maximum Gasteiger partial charge on any atom is 0.231 e. The van der Waals surface area contributed by atoms with Gasteiger partial charge in [-0.15, -0.1) is 0 Å². The van der Waals surface area contributed by atoms with Crippen molar-refractivity contribution in [2.75, 3.05) is 18.5 Å². The number of halogens is 2. The van der Waals surface area contributed by atoms with Gasteiger partial charge in [0, 0.05) is 11.6 Å². The molecular weight excluding hydrogens is 332 g/mol. The first-order chi connectivity index (χ1) is 8.81. The number of carbonyl (C=O) groups excluding carboxylic acids is 1. The number of nitrogens with two attached hydrogens (primary N) is 1. The first-order valence-electron chi connectivity index (χ1n) is 5.95. The van der Waals surface area contributed by atoms with Crippen LogP contribution in [-0.4, -0.2) is 19.1 Å². The maximum absolute atomic E-state index is 12.1. The Labute approximate surface area is 126 Å². The number of hydrogen-bond donors (Lipinski definition) is 2. The van der Waals surface area contributed by atoms with E-state index in [-0.39, 0.29) is 12.5 Å². The molecule has 4 nitrogen and oxygen atoms in total. The van der Waals surface area contributed by atoms with E-state index in [1.807, 2.05) is 6.92 Å². The fourth-order valence-electron chi connectivity index (χ4n) is 1.33. The predicted octanol–water partition coefficient (Wildman–Crippen LogP) is 3.42. The quantitative estimate of drug-likeness (QED) is 0.856. The van der Waals surface area contributed by atoms with Crippen LogP contribution in [0, 0.1) is 5.41 Å². The van der Waals surface area contributed by atoms with Crippen molar-refractivity contribution in [1.29, 1.82) is 0 Å². The molecule has 1 amide bonds. The lowest BCUT2D eigenvalue weighted by Crippen LogP contribution is -2.37. The lowest BCUT2D eigenvalue weighted by molar-refractivity contribution is -0.123. The summed E-state index contributed by atoms with van der Waals surface area (Å²) in [5.74, 6) is 0.387. The molecule has 0 bridgehead atoms. The van der Waals surface area contributed by atoms with E-state index in [1.54, 1.807) is 26.0 Å². The number of rotatable bonds is 5. The monoisotopic (exact) mass is 348 g/mol. The molecule has 0 aliphatic rings. The summed E-state index contributed by atoms with van der Waals surface area (Å²) in [6.07, 6.45) is 0. The lowest BCUT2D eigenvalue weighted by Gasteiger charge is -2.22. The van der Waals surface area contributed by atoms with Crippen molar-refractivity contribution in [2.45, 2.75) is 20.8 Å². The van der Waals surface area contributed by atoms with Crippen molar-refractivity contribution in [3.63, 3.8) is 0 Å². The van der Waals surface area contributed by atoms with Crippen LogP contribution in [0.1, 0.15) is 20.8 Å². The van der Waals surface area contributed by atoms with Gasteiger partial charge in [-0.25, -0.2) is 0 Å². The molecular formula is C13H18BrClN2O2. The number of nitrogens with one attached hydrogen (secondary N) is 1. The summed E-state index contributed by atoms with van der Waals surface area (Å²) in [6.45, 7) is 6.18. The van der Waals surface area contributed by atoms with Crippen LogP contribution < -0.4 is 15.8 Å². The number of amides is 1. The smallest absolute Gasteiger partial charge is 0.231 e. The Balaban J connectivity index is 3.09. The molecule has 0 aliphatic heterocycles. The van der Waals surface area contributed by atoms with Crippen molar-refractivity contribution in [3.8, 4) is 5.75 Å². The van der Waals surface area contributed by atoms with Gasteiger partial charge >= 0.3 is 0 Å². The van der Waals surface area contributed by atoms with Gasteiger partial charge in [0.2, 0.25) is 5.91 Å². The molecule has 1 aromatic carbocycles. The molecule has 0 saturated heterocycles. The summed E-state index contributed by atoms with van der Waals surface area (Å²) in [4.78, 5) is 12.1. The van der Waals surface area contributed by atoms with Gasteiger partial charge in [0.25, 0.3) is 0 Å². The van der Waals surface area contributed by atoms with E-state index in [0.717, 1.165) is 0 Å². The summed E-state index contributed by atoms with van der Waals surface area (Å²) in [5.41, 5.74) is 5.47. The normalized spacial score (nSPS) is 11.3. The van der Waals surface area contributed by atoms with E-state index in [4.69, 9.17) is 22.1 Å². The van der Waals surface area contributed by atoms with Crippen LogP contribution in [0.4, 0.5) is 5.69 Å². The molecule has 0 aliphatic carbocycles. The minimum absolute atomic E-state index is 0.176. The molecule has 106 valence electrons. The Morgan fingerprint density at radius 1 is 1.53 bits per heavy atom. The van der Waals surface area contributed by atoms with Gasteiger partial charge in [0.05, 0.1) is 22.2 Å². The molecule has 3 N–H and O–H groups in total. The number of carbonyl (C=O) groups is 1. The predicted molar refractivity (Wildman–Crippen MR) is 81.8 cm³/mol. The molecule has 0 radical (unpaired) electrons. The first kappa shape index (κ1) is 16.3. The van der Waals surface area contributed by atoms with Crippen molar-refractivity contribution in [3.05, 3.63) is 21.6 Å². The largest absolute Gasteiger partial charge is 0.491 e. The fourth-order valence-corrected chi connectivity index (χ4v) is 2.25. The minimum atomic E-state index is -0.654. The van der Waals surface area contributed by atoms with Crippen molar-refractivity contribution >= 4 is 39.1 Å². The molecule has 6 heteroatoms. The summed E-state index contributed by atoms with van der Waals surface area (Å²) in [7, 11) is 0. The zero-order valence-electron chi connectivity index (χ0n) is 11.2. The van der Waals surface area contributed by atoms with Crippen molar-refractivity contribution < 1.29 is 9.53 Å². The van der Waals surface area contributed by atoms with Crippen LogP contribution in [0.15, 0.2) is 16.6 Å². The minimum Gasteiger partial charge on any atom is -0.491 e. The second-order valence-electron chi connectivity index (χ2n) is 4.74. The molecule has 19 heavy (non-hydrogen) atoms. The van der Waals surface area contributed by atoms with Crippen LogP contribution >= 0.6 is 27.5 Å². The summed E-state index contributed by atoms with van der Waals surface area (Å²) < 4.78 is 6.22. The molecule has 0 unspecified atom stereocenters. The van der Waals surface area contributed by atoms with Gasteiger partial charge < -0.3 is 15.8 Å². The molecule has 0 heterocycles. The number of anilines is 1. The Morgan fingerprint density at radius 2 is 2.16 bits per heavy atom. The highest BCUT2D eigenvalue weighted by Crippen LogP contribution is 2.37. The van der Waals surface area contributed by atoms with Crippen LogP contribution in [0.5, 0.6) is 5.75 Å². The Kier molecular flexibility index (Phi) is 5.64. The number of hydrogen-bond acceptors (Lipinski definition) is 3. The Hall–Kier alpha value is -0.780. The second kappa shape index (κ2) is 6.59. The zero-order chi connectivity index (χ0) is 14.6. The highest BCUT2D eigenvalue weighted by molar-refractivity contribution is 9.10. The van der Waals surface area contributed by atoms with E-state index in [9.17, 15) is 4.79 Å². The average molecular weight is 350 g/mol. The van der Waals surface area contributed by atoms with Gasteiger partial charge in [-0.3, -0.25) is 4.79 Å². The highest BCUT2D eigenvalue weighted by Gasteiger charge is 2.27. The van der Waals surface area contributed by atoms with Crippen molar-refractivity contribution in [1.82, 2.24) is 0 Å². The molecule has 0 saturated carbocycles. The van der Waals surface area contributed by atoms with Crippen LogP contribution in [0.3, 0.4) is 0 Å². The Morgan fingerprint density at radius 3 is 2.68 bits per heavy atom. The van der Waals surface area contributed by atoms with Gasteiger partial charge in [-0.05, 0) is 48.8 Å². The van der Waals surface area contributed by atoms with Gasteiger partial charge in [-0.2, -0.15) is 0 Å². The summed E-state index contributed by atoms with van der Waals surface area (Å²) in [6, 6.07) is 3.37. The maximum atomic E-state index is 12.1. The third kappa shape index (κ3) is 4.09. The lowest BCUT2D eigenvalue weighted by atomic mass is 9.92. The van der Waals surface area contributed by atoms with E-state index in [1.165, 1.54) is 0 Å². The summed E-state index contributed by atoms with van der Waals surface area (Å²) >= 11 is 9.36. The standard InChI is InChI=1S/C13H18BrClN2O2/c1-4-19-11-9(14)5-8(15)6-10(11)17-12(18)13(2,3)7-16/h5-6H,4,7,16H2,1-3H3,(H,17,18). The van der Waals surface area contributed by atoms with Gasteiger partial charge in [0.1, 0.15) is 0 Å². The van der Waals surface area contributed by atoms with Crippen LogP contribution in [-0.2, 0) is 4.79 Å². The molecule has 1 aromatic rings. The SMILES string of the molecule is CCOc1c(Br)cc(Cl)cc1NC(=O)C(C)(C)CN. The fraction of sp³-hybridized carbons (Fsp3) is 0.462. The molecule has 0 atom stereocenters. The second-order valence-corrected chi connectivity index (χ2v) is 6.03. The van der Waals surface area contributed by atoms with Crippen LogP contribution in [0.25, 0.3) is 0 Å². The Bertz CT molecular complexity index is 478. The third-order valence-electron chi connectivity index (χ3n) is 2.67. The van der Waals surface area contributed by atoms with Crippen molar-refractivity contribution in [2.24, 2.45) is 11.1 Å². The zero-order valence-corrected chi connectivity index (χ0v) is 13.6. The molecule has 1 rings (SSSR count). The van der Waals surface area contributed by atoms with Gasteiger partial charge in [0.15, 0.2) is 5.75 Å². The first-order valence-corrected chi connectivity index (χ1v) is 7.12.